The molecule has 0 aromatic carbocycles. The van der Waals surface area contributed by atoms with Crippen LogP contribution in [0.5, 0.6) is 0 Å². The molecule has 1 heterocycles. The van der Waals surface area contributed by atoms with E-state index in [4.69, 9.17) is 0 Å². The number of aromatic nitrogens is 1. The number of hydrogen-bond acceptors (Lipinski definition) is 2. The van der Waals surface area contributed by atoms with Gasteiger partial charge in [-0.05, 0) is 52.2 Å². The predicted molar refractivity (Wildman–Crippen MR) is 86.0 cm³/mol. The van der Waals surface area contributed by atoms with Crippen molar-refractivity contribution in [3.63, 3.8) is 0 Å². The molecular formula is C14H24N2OS2. The molecule has 108 valence electrons. The van der Waals surface area contributed by atoms with Crippen molar-refractivity contribution >= 4 is 24.5 Å². The molecule has 1 aromatic heterocycles. The summed E-state index contributed by atoms with van der Waals surface area (Å²) in [6, 6.07) is 4.26. The molecule has 3 nitrogen and oxygen atoms in total. The molecule has 1 aliphatic rings. The Morgan fingerprint density at radius 1 is 1.37 bits per heavy atom. The minimum atomic E-state index is -1.05. The summed E-state index contributed by atoms with van der Waals surface area (Å²) >= 11 is 0. The summed E-state index contributed by atoms with van der Waals surface area (Å²) in [5.74, 6) is 0.686. The lowest BCUT2D eigenvalue weighted by Gasteiger charge is -2.22. The average molecular weight is 300 g/mol. The Bertz CT molecular complexity index is 436. The van der Waals surface area contributed by atoms with Crippen LogP contribution in [0.3, 0.4) is 0 Å². The minimum Gasteiger partial charge on any atom is -0.261 e. The molecule has 19 heavy (non-hydrogen) atoms. The van der Waals surface area contributed by atoms with E-state index < -0.39 is 11.0 Å². The Kier molecular flexibility index (Phi) is 5.59. The third-order valence-corrected chi connectivity index (χ3v) is 4.82. The molecule has 1 saturated carbocycles. The second-order valence-electron chi connectivity index (χ2n) is 6.01. The fraction of sp³-hybridized carbons (Fsp3) is 0.643. The Morgan fingerprint density at radius 2 is 2.00 bits per heavy atom. The first-order valence-electron chi connectivity index (χ1n) is 6.52. The van der Waals surface area contributed by atoms with Crippen molar-refractivity contribution in [2.45, 2.75) is 57.2 Å². The molecule has 1 fully saturated rings. The lowest BCUT2D eigenvalue weighted by atomic mass is 10.1. The highest BCUT2D eigenvalue weighted by Gasteiger charge is 2.25. The van der Waals surface area contributed by atoms with Crippen molar-refractivity contribution in [2.24, 2.45) is 0 Å². The van der Waals surface area contributed by atoms with E-state index in [0.717, 1.165) is 5.56 Å². The van der Waals surface area contributed by atoms with Crippen molar-refractivity contribution in [1.29, 1.82) is 0 Å². The highest BCUT2D eigenvalue weighted by Crippen LogP contribution is 2.38. The first-order chi connectivity index (χ1) is 8.38. The van der Waals surface area contributed by atoms with E-state index in [0.29, 0.717) is 5.92 Å². The Morgan fingerprint density at radius 3 is 2.42 bits per heavy atom. The van der Waals surface area contributed by atoms with Crippen LogP contribution in [0.15, 0.2) is 18.3 Å². The molecule has 0 spiro atoms. The molecule has 2 atom stereocenters. The fourth-order valence-electron chi connectivity index (χ4n) is 1.70. The SMILES string of the molecule is C[C@H](N[S@](=O)C(C)(C)C)c1ccc(C2CC2)nc1.S. The van der Waals surface area contributed by atoms with Crippen LogP contribution in [0.1, 0.15) is 63.8 Å². The highest BCUT2D eigenvalue weighted by molar-refractivity contribution is 7.84. The topological polar surface area (TPSA) is 42.0 Å². The van der Waals surface area contributed by atoms with Gasteiger partial charge in [-0.15, -0.1) is 0 Å². The summed E-state index contributed by atoms with van der Waals surface area (Å²) in [5, 5.41) is 0. The molecule has 2 rings (SSSR count). The summed E-state index contributed by atoms with van der Waals surface area (Å²) in [6.07, 6.45) is 4.45. The number of nitrogens with zero attached hydrogens (tertiary/aromatic N) is 1. The van der Waals surface area contributed by atoms with Gasteiger partial charge in [0.25, 0.3) is 0 Å². The van der Waals surface area contributed by atoms with E-state index in [-0.39, 0.29) is 24.3 Å². The van der Waals surface area contributed by atoms with Gasteiger partial charge in [-0.2, -0.15) is 13.5 Å². The van der Waals surface area contributed by atoms with Crippen LogP contribution in [-0.4, -0.2) is 13.9 Å². The zero-order chi connectivity index (χ0) is 13.3. The van der Waals surface area contributed by atoms with Gasteiger partial charge in [-0.25, -0.2) is 8.93 Å². The maximum atomic E-state index is 12.0. The molecule has 0 aliphatic heterocycles. The van der Waals surface area contributed by atoms with Crippen LogP contribution in [0.2, 0.25) is 0 Å². The van der Waals surface area contributed by atoms with Gasteiger partial charge in [0.1, 0.15) is 0 Å². The minimum absolute atomic E-state index is 0. The first kappa shape index (κ1) is 16.7. The molecule has 0 unspecified atom stereocenters. The van der Waals surface area contributed by atoms with Crippen molar-refractivity contribution in [3.05, 3.63) is 29.6 Å². The Balaban J connectivity index is 0.00000180. The van der Waals surface area contributed by atoms with Crippen molar-refractivity contribution in [2.75, 3.05) is 0 Å². The molecule has 0 saturated heterocycles. The zero-order valence-corrected chi connectivity index (χ0v) is 13.9. The Hall–Kier alpha value is -0.390. The van der Waals surface area contributed by atoms with E-state index in [1.807, 2.05) is 33.9 Å². The van der Waals surface area contributed by atoms with Gasteiger partial charge >= 0.3 is 0 Å². The zero-order valence-electron chi connectivity index (χ0n) is 12.1. The largest absolute Gasteiger partial charge is 0.261 e. The fourth-order valence-corrected chi connectivity index (χ4v) is 2.51. The molecule has 1 aliphatic carbocycles. The average Bonchev–Trinajstić information content (AvgIpc) is 3.11. The monoisotopic (exact) mass is 300 g/mol. The molecule has 1 N–H and O–H groups in total. The predicted octanol–water partition coefficient (Wildman–Crippen LogP) is 3.18. The Labute approximate surface area is 125 Å². The van der Waals surface area contributed by atoms with E-state index in [2.05, 4.69) is 21.8 Å². The third kappa shape index (κ3) is 4.58. The first-order valence-corrected chi connectivity index (χ1v) is 7.67. The summed E-state index contributed by atoms with van der Waals surface area (Å²) in [7, 11) is -1.05. The van der Waals surface area contributed by atoms with E-state index in [1.165, 1.54) is 18.5 Å². The van der Waals surface area contributed by atoms with Gasteiger partial charge < -0.3 is 0 Å². The summed E-state index contributed by atoms with van der Waals surface area (Å²) in [5.41, 5.74) is 2.29. The van der Waals surface area contributed by atoms with E-state index >= 15 is 0 Å². The number of nitrogens with one attached hydrogen (secondary N) is 1. The molecule has 0 radical (unpaired) electrons. The van der Waals surface area contributed by atoms with Gasteiger partial charge in [-0.3, -0.25) is 4.98 Å². The summed E-state index contributed by atoms with van der Waals surface area (Å²) in [6.45, 7) is 7.93. The van der Waals surface area contributed by atoms with E-state index in [1.54, 1.807) is 0 Å². The maximum Gasteiger partial charge on any atom is 0.0975 e. The second-order valence-corrected chi connectivity index (χ2v) is 8.01. The molecule has 5 heteroatoms. The van der Waals surface area contributed by atoms with E-state index in [9.17, 15) is 4.21 Å². The van der Waals surface area contributed by atoms with Crippen LogP contribution in [0.4, 0.5) is 0 Å². The molecule has 0 bridgehead atoms. The maximum absolute atomic E-state index is 12.0. The van der Waals surface area contributed by atoms with Gasteiger partial charge in [0.2, 0.25) is 0 Å². The highest BCUT2D eigenvalue weighted by atomic mass is 32.2. The quantitative estimate of drug-likeness (QED) is 0.928. The van der Waals surface area contributed by atoms with Crippen LogP contribution in [0.25, 0.3) is 0 Å². The lowest BCUT2D eigenvalue weighted by molar-refractivity contribution is 0.615. The van der Waals surface area contributed by atoms with Crippen molar-refractivity contribution in [3.8, 4) is 0 Å². The third-order valence-electron chi connectivity index (χ3n) is 3.14. The van der Waals surface area contributed by atoms with Crippen LogP contribution in [0, 0.1) is 0 Å². The van der Waals surface area contributed by atoms with Crippen LogP contribution < -0.4 is 4.72 Å². The summed E-state index contributed by atoms with van der Waals surface area (Å²) in [4.78, 5) is 4.49. The van der Waals surface area contributed by atoms with Crippen LogP contribution >= 0.6 is 13.5 Å². The number of hydrogen-bond donors (Lipinski definition) is 1. The van der Waals surface area contributed by atoms with Gasteiger partial charge in [0.05, 0.1) is 15.7 Å². The standard InChI is InChI=1S/C14H22N2OS.H2S/c1-10(16-18(17)14(2,3)4)12-7-8-13(15-9-12)11-5-6-11;/h7-11,16H,5-6H2,1-4H3;1H2/t10-,18+;/m0./s1. The lowest BCUT2D eigenvalue weighted by Crippen LogP contribution is -2.34. The number of pyridine rings is 1. The molecule has 0 amide bonds. The van der Waals surface area contributed by atoms with Gasteiger partial charge in [-0.1, -0.05) is 6.07 Å². The number of rotatable bonds is 4. The summed E-state index contributed by atoms with van der Waals surface area (Å²) < 4.78 is 14.9. The van der Waals surface area contributed by atoms with Crippen LogP contribution in [-0.2, 0) is 11.0 Å². The second kappa shape index (κ2) is 6.37. The van der Waals surface area contributed by atoms with Gasteiger partial charge in [0, 0.05) is 23.9 Å². The molecule has 1 aromatic rings. The molecular weight excluding hydrogens is 276 g/mol. The van der Waals surface area contributed by atoms with Crippen molar-refractivity contribution < 1.29 is 4.21 Å². The van der Waals surface area contributed by atoms with Gasteiger partial charge in [0.15, 0.2) is 0 Å². The normalized spacial score (nSPS) is 18.5. The smallest absolute Gasteiger partial charge is 0.0975 e. The van der Waals surface area contributed by atoms with Crippen molar-refractivity contribution in [1.82, 2.24) is 9.71 Å².